The van der Waals surface area contributed by atoms with Gasteiger partial charge in [-0.25, -0.2) is 9.97 Å². The number of aromatic nitrogens is 4. The number of pyridine rings is 1. The van der Waals surface area contributed by atoms with Crippen LogP contribution < -0.4 is 0 Å². The van der Waals surface area contributed by atoms with Gasteiger partial charge in [-0.3, -0.25) is 4.79 Å². The number of imidazole rings is 2. The molecule has 30 heavy (non-hydrogen) atoms. The number of rotatable bonds is 3. The molecule has 1 saturated heterocycles. The summed E-state index contributed by atoms with van der Waals surface area (Å²) in [6.07, 6.45) is 5.81. The number of nitrogens with zero attached hydrogens (tertiary/aromatic N) is 5. The molecule has 4 aromatic rings. The van der Waals surface area contributed by atoms with Gasteiger partial charge in [0.15, 0.2) is 0 Å². The Morgan fingerprint density at radius 2 is 1.97 bits per heavy atom. The number of aryl methyl sites for hydroxylation is 1. The zero-order valence-corrected chi connectivity index (χ0v) is 17.7. The molecule has 1 aliphatic rings. The molecule has 0 spiro atoms. The molecule has 3 aromatic heterocycles. The SMILES string of the molecule is Cc1cccn2cc(C(=O)N3CCCC(c4nc5ccccc5n4C(C)C)C3)nc12. The lowest BCUT2D eigenvalue weighted by atomic mass is 9.96. The minimum Gasteiger partial charge on any atom is -0.337 e. The lowest BCUT2D eigenvalue weighted by Gasteiger charge is -2.32. The van der Waals surface area contributed by atoms with Gasteiger partial charge in [0.25, 0.3) is 5.91 Å². The van der Waals surface area contributed by atoms with E-state index in [0.29, 0.717) is 18.3 Å². The predicted octanol–water partition coefficient (Wildman–Crippen LogP) is 4.59. The maximum Gasteiger partial charge on any atom is 0.274 e. The Morgan fingerprint density at radius 3 is 2.77 bits per heavy atom. The van der Waals surface area contributed by atoms with Gasteiger partial charge in [0.05, 0.1) is 11.0 Å². The molecule has 0 bridgehead atoms. The van der Waals surface area contributed by atoms with Crippen molar-refractivity contribution in [2.75, 3.05) is 13.1 Å². The van der Waals surface area contributed by atoms with Gasteiger partial charge in [-0.2, -0.15) is 0 Å². The van der Waals surface area contributed by atoms with Crippen LogP contribution in [0.4, 0.5) is 0 Å². The standard InChI is InChI=1S/C24H27N5O/c1-16(2)29-21-11-5-4-10-19(21)25-23(29)18-9-7-13-28(14-18)24(30)20-15-27-12-6-8-17(3)22(27)26-20/h4-6,8,10-12,15-16,18H,7,9,13-14H2,1-3H3. The van der Waals surface area contributed by atoms with Crippen molar-refractivity contribution in [2.45, 2.75) is 45.6 Å². The first-order valence-electron chi connectivity index (χ1n) is 10.7. The summed E-state index contributed by atoms with van der Waals surface area (Å²) in [7, 11) is 0. The van der Waals surface area contributed by atoms with Crippen LogP contribution in [-0.4, -0.2) is 42.8 Å². The van der Waals surface area contributed by atoms with Crippen LogP contribution in [0.3, 0.4) is 0 Å². The molecule has 1 amide bonds. The zero-order chi connectivity index (χ0) is 20.8. The van der Waals surface area contributed by atoms with E-state index >= 15 is 0 Å². The molecular weight excluding hydrogens is 374 g/mol. The molecule has 1 atom stereocenters. The molecule has 1 unspecified atom stereocenters. The van der Waals surface area contributed by atoms with Crippen molar-refractivity contribution in [1.82, 2.24) is 23.8 Å². The van der Waals surface area contributed by atoms with Crippen LogP contribution in [0.5, 0.6) is 0 Å². The van der Waals surface area contributed by atoms with Gasteiger partial charge in [0.1, 0.15) is 17.2 Å². The third-order valence-electron chi connectivity index (χ3n) is 6.11. The third kappa shape index (κ3) is 3.07. The van der Waals surface area contributed by atoms with Gasteiger partial charge in [0.2, 0.25) is 0 Å². The van der Waals surface area contributed by atoms with Crippen molar-refractivity contribution in [3.63, 3.8) is 0 Å². The van der Waals surface area contributed by atoms with Crippen LogP contribution in [0.2, 0.25) is 0 Å². The van der Waals surface area contributed by atoms with E-state index in [-0.39, 0.29) is 11.8 Å². The first-order chi connectivity index (χ1) is 14.5. The summed E-state index contributed by atoms with van der Waals surface area (Å²) in [5.41, 5.74) is 4.62. The van der Waals surface area contributed by atoms with E-state index in [1.54, 1.807) is 0 Å². The Hall–Kier alpha value is -3.15. The van der Waals surface area contributed by atoms with Gasteiger partial charge in [-0.1, -0.05) is 18.2 Å². The molecule has 0 aliphatic carbocycles. The molecule has 6 heteroatoms. The van der Waals surface area contributed by atoms with Crippen LogP contribution >= 0.6 is 0 Å². The van der Waals surface area contributed by atoms with Gasteiger partial charge in [-0.15, -0.1) is 0 Å². The Labute approximate surface area is 176 Å². The quantitative estimate of drug-likeness (QED) is 0.504. The van der Waals surface area contributed by atoms with Crippen LogP contribution in [-0.2, 0) is 0 Å². The molecule has 1 aliphatic heterocycles. The fraction of sp³-hybridized carbons (Fsp3) is 0.375. The van der Waals surface area contributed by atoms with Crippen molar-refractivity contribution in [3.05, 3.63) is 65.9 Å². The summed E-state index contributed by atoms with van der Waals surface area (Å²) in [6, 6.07) is 12.6. The van der Waals surface area contributed by atoms with E-state index < -0.39 is 0 Å². The number of carbonyl (C=O) groups is 1. The van der Waals surface area contributed by atoms with Crippen LogP contribution in [0.1, 0.15) is 60.5 Å². The van der Waals surface area contributed by atoms with Gasteiger partial charge in [-0.05, 0) is 57.4 Å². The average molecular weight is 402 g/mol. The summed E-state index contributed by atoms with van der Waals surface area (Å²) in [5, 5.41) is 0. The second-order valence-corrected chi connectivity index (χ2v) is 8.56. The summed E-state index contributed by atoms with van der Waals surface area (Å²) < 4.78 is 4.27. The van der Waals surface area contributed by atoms with Crippen molar-refractivity contribution in [1.29, 1.82) is 0 Å². The highest BCUT2D eigenvalue weighted by Gasteiger charge is 2.30. The van der Waals surface area contributed by atoms with Crippen molar-refractivity contribution in [3.8, 4) is 0 Å². The highest BCUT2D eigenvalue weighted by atomic mass is 16.2. The summed E-state index contributed by atoms with van der Waals surface area (Å²) in [4.78, 5) is 24.8. The third-order valence-corrected chi connectivity index (χ3v) is 6.11. The molecule has 154 valence electrons. The van der Waals surface area contributed by atoms with Crippen LogP contribution in [0.15, 0.2) is 48.8 Å². The molecule has 0 saturated carbocycles. The molecule has 1 fully saturated rings. The molecule has 0 N–H and O–H groups in total. The highest BCUT2D eigenvalue weighted by molar-refractivity contribution is 5.93. The first kappa shape index (κ1) is 18.9. The lowest BCUT2D eigenvalue weighted by Crippen LogP contribution is -2.40. The number of hydrogen-bond donors (Lipinski definition) is 0. The van der Waals surface area contributed by atoms with Crippen LogP contribution in [0.25, 0.3) is 16.7 Å². The monoisotopic (exact) mass is 401 g/mol. The maximum atomic E-state index is 13.3. The van der Waals surface area contributed by atoms with Crippen LogP contribution in [0, 0.1) is 6.92 Å². The van der Waals surface area contributed by atoms with Gasteiger partial charge in [0, 0.05) is 37.4 Å². The van der Waals surface area contributed by atoms with Crippen molar-refractivity contribution >= 4 is 22.6 Å². The van der Waals surface area contributed by atoms with E-state index in [0.717, 1.165) is 41.9 Å². The molecule has 1 aromatic carbocycles. The first-order valence-corrected chi connectivity index (χ1v) is 10.7. The number of likely N-dealkylation sites (tertiary alicyclic amines) is 1. The molecular formula is C24H27N5O. The molecule has 4 heterocycles. The number of benzene rings is 1. The summed E-state index contributed by atoms with van der Waals surface area (Å²) >= 11 is 0. The number of fused-ring (bicyclic) bond motifs is 2. The average Bonchev–Trinajstić information content (AvgIpc) is 3.36. The van der Waals surface area contributed by atoms with Gasteiger partial charge < -0.3 is 13.9 Å². The normalized spacial score (nSPS) is 17.3. The largest absolute Gasteiger partial charge is 0.337 e. The maximum absolute atomic E-state index is 13.3. The highest BCUT2D eigenvalue weighted by Crippen LogP contribution is 2.32. The molecule has 6 nitrogen and oxygen atoms in total. The fourth-order valence-electron chi connectivity index (χ4n) is 4.68. The zero-order valence-electron chi connectivity index (χ0n) is 17.7. The summed E-state index contributed by atoms with van der Waals surface area (Å²) in [5.74, 6) is 1.33. The number of carbonyl (C=O) groups excluding carboxylic acids is 1. The topological polar surface area (TPSA) is 55.4 Å². The lowest BCUT2D eigenvalue weighted by molar-refractivity contribution is 0.0698. The van der Waals surface area contributed by atoms with E-state index in [1.807, 2.05) is 46.8 Å². The second-order valence-electron chi connectivity index (χ2n) is 8.56. The predicted molar refractivity (Wildman–Crippen MR) is 118 cm³/mol. The van der Waals surface area contributed by atoms with E-state index in [2.05, 4.69) is 41.6 Å². The smallest absolute Gasteiger partial charge is 0.274 e. The fourth-order valence-corrected chi connectivity index (χ4v) is 4.68. The van der Waals surface area contributed by atoms with E-state index in [4.69, 9.17) is 4.98 Å². The molecule has 5 rings (SSSR count). The Bertz CT molecular complexity index is 1240. The minimum atomic E-state index is 0.00927. The number of para-hydroxylation sites is 2. The minimum absolute atomic E-state index is 0.00927. The number of amides is 1. The molecule has 0 radical (unpaired) electrons. The second kappa shape index (κ2) is 7.27. The van der Waals surface area contributed by atoms with Crippen molar-refractivity contribution in [2.24, 2.45) is 0 Å². The Morgan fingerprint density at radius 1 is 1.13 bits per heavy atom. The number of piperidine rings is 1. The Balaban J connectivity index is 1.46. The summed E-state index contributed by atoms with van der Waals surface area (Å²) in [6.45, 7) is 7.86. The van der Waals surface area contributed by atoms with E-state index in [9.17, 15) is 4.79 Å². The van der Waals surface area contributed by atoms with Crippen molar-refractivity contribution < 1.29 is 4.79 Å². The van der Waals surface area contributed by atoms with E-state index in [1.165, 1.54) is 5.52 Å². The number of hydrogen-bond acceptors (Lipinski definition) is 3. The van der Waals surface area contributed by atoms with Gasteiger partial charge >= 0.3 is 0 Å². The Kier molecular flexibility index (Phi) is 4.57.